The topological polar surface area (TPSA) is 49.4 Å². The molecule has 0 saturated carbocycles. The second-order valence-electron chi connectivity index (χ2n) is 7.94. The number of benzene rings is 3. The third-order valence-electron chi connectivity index (χ3n) is 5.81. The number of carbonyl (C=O) groups excluding carboxylic acids is 2. The number of hydrogen-bond acceptors (Lipinski definition) is 2. The van der Waals surface area contributed by atoms with Crippen molar-refractivity contribution in [2.24, 2.45) is 5.92 Å². The minimum absolute atomic E-state index is 0.0433. The summed E-state index contributed by atoms with van der Waals surface area (Å²) in [6.45, 7) is 2.85. The molecule has 0 bridgehead atoms. The third kappa shape index (κ3) is 4.35. The first-order valence-corrected chi connectivity index (χ1v) is 10.3. The first-order valence-electron chi connectivity index (χ1n) is 10.3. The molecule has 1 N–H and O–H groups in total. The fourth-order valence-corrected chi connectivity index (χ4v) is 4.14. The maximum Gasteiger partial charge on any atom is 0.229 e. The van der Waals surface area contributed by atoms with Crippen molar-refractivity contribution in [3.05, 3.63) is 77.6 Å². The largest absolute Gasteiger partial charge is 0.342 e. The monoisotopic (exact) mass is 404 g/mol. The van der Waals surface area contributed by atoms with Gasteiger partial charge in [0.05, 0.1) is 12.3 Å². The van der Waals surface area contributed by atoms with Crippen LogP contribution in [0.15, 0.2) is 60.7 Å². The molecule has 0 radical (unpaired) electrons. The Labute approximate surface area is 175 Å². The van der Waals surface area contributed by atoms with Crippen molar-refractivity contribution >= 4 is 28.3 Å². The normalized spacial score (nSPS) is 16.5. The summed E-state index contributed by atoms with van der Waals surface area (Å²) in [6, 6.07) is 18.4. The lowest BCUT2D eigenvalue weighted by Crippen LogP contribution is -2.44. The van der Waals surface area contributed by atoms with Crippen molar-refractivity contribution < 1.29 is 14.0 Å². The molecule has 1 unspecified atom stereocenters. The molecule has 1 saturated heterocycles. The Morgan fingerprint density at radius 1 is 1.10 bits per heavy atom. The highest BCUT2D eigenvalue weighted by molar-refractivity contribution is 5.94. The molecule has 0 aliphatic carbocycles. The van der Waals surface area contributed by atoms with Crippen LogP contribution in [0.25, 0.3) is 10.8 Å². The van der Waals surface area contributed by atoms with E-state index in [9.17, 15) is 14.0 Å². The fraction of sp³-hybridized carbons (Fsp3) is 0.280. The number of rotatable bonds is 4. The van der Waals surface area contributed by atoms with E-state index >= 15 is 0 Å². The lowest BCUT2D eigenvalue weighted by Gasteiger charge is -2.32. The van der Waals surface area contributed by atoms with Gasteiger partial charge >= 0.3 is 0 Å². The van der Waals surface area contributed by atoms with Gasteiger partial charge in [-0.1, -0.05) is 42.5 Å². The van der Waals surface area contributed by atoms with Gasteiger partial charge in [-0.05, 0) is 59.9 Å². The number of amides is 2. The van der Waals surface area contributed by atoms with Crippen LogP contribution in [0.2, 0.25) is 0 Å². The van der Waals surface area contributed by atoms with E-state index in [1.807, 2.05) is 42.5 Å². The number of likely N-dealkylation sites (tertiary alicyclic amines) is 1. The Morgan fingerprint density at radius 3 is 2.73 bits per heavy atom. The summed E-state index contributed by atoms with van der Waals surface area (Å²) in [4.78, 5) is 27.5. The molecule has 1 heterocycles. The van der Waals surface area contributed by atoms with Crippen molar-refractivity contribution in [1.82, 2.24) is 4.90 Å². The third-order valence-corrected chi connectivity index (χ3v) is 5.81. The molecule has 3 aromatic rings. The highest BCUT2D eigenvalue weighted by Crippen LogP contribution is 2.23. The van der Waals surface area contributed by atoms with Crippen LogP contribution < -0.4 is 5.32 Å². The lowest BCUT2D eigenvalue weighted by atomic mass is 9.95. The average Bonchev–Trinajstić information content (AvgIpc) is 2.76. The molecule has 3 aromatic carbocycles. The molecule has 154 valence electrons. The van der Waals surface area contributed by atoms with E-state index in [1.165, 1.54) is 12.1 Å². The van der Waals surface area contributed by atoms with Gasteiger partial charge < -0.3 is 10.2 Å². The van der Waals surface area contributed by atoms with E-state index in [0.717, 1.165) is 29.2 Å². The van der Waals surface area contributed by atoms with Gasteiger partial charge in [0, 0.05) is 18.8 Å². The number of carbonyl (C=O) groups is 2. The summed E-state index contributed by atoms with van der Waals surface area (Å²) < 4.78 is 13.3. The van der Waals surface area contributed by atoms with Crippen molar-refractivity contribution in [2.45, 2.75) is 26.2 Å². The Balaban J connectivity index is 1.43. The zero-order chi connectivity index (χ0) is 21.1. The fourth-order valence-electron chi connectivity index (χ4n) is 4.14. The van der Waals surface area contributed by atoms with Crippen LogP contribution >= 0.6 is 0 Å². The minimum Gasteiger partial charge on any atom is -0.342 e. The van der Waals surface area contributed by atoms with Gasteiger partial charge in [0.15, 0.2) is 0 Å². The summed E-state index contributed by atoms with van der Waals surface area (Å²) in [7, 11) is 0. The molecular weight excluding hydrogens is 379 g/mol. The van der Waals surface area contributed by atoms with Crippen molar-refractivity contribution in [1.29, 1.82) is 0 Å². The predicted octanol–water partition coefficient (Wildman–Crippen LogP) is 4.71. The SMILES string of the molecule is Cc1cc(F)ccc1NC(=O)C1CCCN(C(=O)Cc2cccc3ccccc23)C1. The predicted molar refractivity (Wildman–Crippen MR) is 117 cm³/mol. The molecule has 2 amide bonds. The van der Waals surface area contributed by atoms with Gasteiger partial charge in [-0.2, -0.15) is 0 Å². The van der Waals surface area contributed by atoms with E-state index in [1.54, 1.807) is 17.9 Å². The molecule has 4 rings (SSSR count). The summed E-state index contributed by atoms with van der Waals surface area (Å²) in [5, 5.41) is 5.11. The molecule has 1 atom stereocenters. The standard InChI is InChI=1S/C25H25FN2O2/c1-17-14-21(26)11-12-23(17)27-25(30)20-9-5-13-28(16-20)24(29)15-19-8-4-7-18-6-2-3-10-22(18)19/h2-4,6-8,10-12,14,20H,5,9,13,15-16H2,1H3,(H,27,30). The molecule has 1 aliphatic heterocycles. The van der Waals surface area contributed by atoms with Crippen LogP contribution in [0.5, 0.6) is 0 Å². The smallest absolute Gasteiger partial charge is 0.229 e. The molecule has 30 heavy (non-hydrogen) atoms. The van der Waals surface area contributed by atoms with Gasteiger partial charge in [-0.25, -0.2) is 4.39 Å². The molecule has 4 nitrogen and oxygen atoms in total. The first kappa shape index (κ1) is 20.1. The van der Waals surface area contributed by atoms with Crippen molar-refractivity contribution in [3.63, 3.8) is 0 Å². The Morgan fingerprint density at radius 2 is 1.90 bits per heavy atom. The molecular formula is C25H25FN2O2. The van der Waals surface area contributed by atoms with Crippen LogP contribution in [0.3, 0.4) is 0 Å². The Hall–Kier alpha value is -3.21. The number of piperidine rings is 1. The molecule has 5 heteroatoms. The average molecular weight is 404 g/mol. The van der Waals surface area contributed by atoms with E-state index in [0.29, 0.717) is 30.8 Å². The van der Waals surface area contributed by atoms with Crippen molar-refractivity contribution in [3.8, 4) is 0 Å². The first-order chi connectivity index (χ1) is 14.5. The number of hydrogen-bond donors (Lipinski definition) is 1. The van der Waals surface area contributed by atoms with E-state index in [2.05, 4.69) is 5.32 Å². The summed E-state index contributed by atoms with van der Waals surface area (Å²) >= 11 is 0. The summed E-state index contributed by atoms with van der Waals surface area (Å²) in [6.07, 6.45) is 1.86. The highest BCUT2D eigenvalue weighted by Gasteiger charge is 2.28. The van der Waals surface area contributed by atoms with Crippen molar-refractivity contribution in [2.75, 3.05) is 18.4 Å². The van der Waals surface area contributed by atoms with Gasteiger partial charge in [-0.15, -0.1) is 0 Å². The number of fused-ring (bicyclic) bond motifs is 1. The lowest BCUT2D eigenvalue weighted by molar-refractivity contribution is -0.133. The zero-order valence-electron chi connectivity index (χ0n) is 17.0. The van der Waals surface area contributed by atoms with E-state index in [4.69, 9.17) is 0 Å². The molecule has 0 spiro atoms. The second-order valence-corrected chi connectivity index (χ2v) is 7.94. The molecule has 0 aromatic heterocycles. The van der Waals surface area contributed by atoms with Crippen LogP contribution in [-0.4, -0.2) is 29.8 Å². The number of nitrogens with one attached hydrogen (secondary N) is 1. The summed E-state index contributed by atoms with van der Waals surface area (Å²) in [5.41, 5.74) is 2.30. The number of aryl methyl sites for hydroxylation is 1. The zero-order valence-corrected chi connectivity index (χ0v) is 17.0. The molecule has 1 aliphatic rings. The van der Waals surface area contributed by atoms with Gasteiger partial charge in [0.2, 0.25) is 11.8 Å². The molecule has 1 fully saturated rings. The van der Waals surface area contributed by atoms with E-state index in [-0.39, 0.29) is 23.5 Å². The van der Waals surface area contributed by atoms with E-state index < -0.39 is 0 Å². The van der Waals surface area contributed by atoms with Crippen LogP contribution in [0.4, 0.5) is 10.1 Å². The van der Waals surface area contributed by atoms with Crippen LogP contribution in [0, 0.1) is 18.7 Å². The van der Waals surface area contributed by atoms with Crippen LogP contribution in [0.1, 0.15) is 24.0 Å². The maximum atomic E-state index is 13.3. The summed E-state index contributed by atoms with van der Waals surface area (Å²) in [5.74, 6) is -0.665. The second kappa shape index (κ2) is 8.66. The highest BCUT2D eigenvalue weighted by atomic mass is 19.1. The quantitative estimate of drug-likeness (QED) is 0.685. The van der Waals surface area contributed by atoms with Crippen LogP contribution in [-0.2, 0) is 16.0 Å². The Kier molecular flexibility index (Phi) is 5.79. The number of halogens is 1. The Bertz CT molecular complexity index is 1090. The van der Waals surface area contributed by atoms with Gasteiger partial charge in [0.25, 0.3) is 0 Å². The minimum atomic E-state index is -0.326. The van der Waals surface area contributed by atoms with Gasteiger partial charge in [0.1, 0.15) is 5.82 Å². The number of anilines is 1. The number of nitrogens with zero attached hydrogens (tertiary/aromatic N) is 1. The van der Waals surface area contributed by atoms with Gasteiger partial charge in [-0.3, -0.25) is 9.59 Å². The maximum absolute atomic E-state index is 13.3.